The van der Waals surface area contributed by atoms with Crippen LogP contribution in [-0.2, 0) is 175 Å². The van der Waals surface area contributed by atoms with Crippen LogP contribution in [0.4, 0.5) is 0 Å². The standard InChI is InChI=1S/C6H12O42Si24/c1-3-9-69-35-57-15-49-13-51-19-61(29-57)39-71(47-69,40-62(20-51)30-58(16-49)36-69)11-5-6-12-72-41-63-21-52-14-50-17-59(31-63)37-70(48-72,38-60(18-50)32-64(22-52)42-72)10-4-2-8-68-34-56-25-53-23-55-24-54(26-56)28-66(46-68)44-67(7-1,33-55)43-65(27-53)45-68/h1-6H2. The molecule has 72 heavy (non-hydrogen) atoms. The van der Waals surface area contributed by atoms with Crippen LogP contribution in [0.3, 0.4) is 0 Å². The van der Waals surface area contributed by atoms with E-state index in [2.05, 4.69) is 0 Å². The number of rotatable bonds is 0. The van der Waals surface area contributed by atoms with Crippen molar-refractivity contribution in [2.24, 2.45) is 0 Å². The molecular weight excluding hydrogens is 1420 g/mol. The van der Waals surface area contributed by atoms with Gasteiger partial charge >= 0.3 is 226 Å². The Hall–Kier alpha value is 3.53. The molecule has 0 aliphatic carbocycles. The highest BCUT2D eigenvalue weighted by Gasteiger charge is 2.77. The molecule has 20 fully saturated rings. The topological polar surface area (TPSA) is 388 Å². The Kier molecular flexibility index (Phi) is 14.3. The monoisotopic (exact) mass is 1430 g/mol. The van der Waals surface area contributed by atoms with Crippen molar-refractivity contribution in [3.05, 3.63) is 0 Å². The highest BCUT2D eigenvalue weighted by Crippen LogP contribution is 2.39. The molecule has 0 saturated carbocycles. The second kappa shape index (κ2) is 20.1. The summed E-state index contributed by atoms with van der Waals surface area (Å²) < 4.78 is 261. The summed E-state index contributed by atoms with van der Waals surface area (Å²) in [6, 6.07) is 0. The normalized spacial score (nSPS) is 45.5. The lowest BCUT2D eigenvalue weighted by atomic mass is 10.8. The van der Waals surface area contributed by atoms with E-state index in [-0.39, 0.29) is 0 Å². The summed E-state index contributed by atoms with van der Waals surface area (Å²) in [5.41, 5.74) is 0. The van der Waals surface area contributed by atoms with Gasteiger partial charge in [0.25, 0.3) is 0 Å². The molecule has 66 heteroatoms. The van der Waals surface area contributed by atoms with Crippen LogP contribution < -0.4 is 0 Å². The van der Waals surface area contributed by atoms with Crippen LogP contribution in [0.1, 0.15) is 0 Å². The molecule has 20 heterocycles. The van der Waals surface area contributed by atoms with Gasteiger partial charge in [-0.05, 0) is 0 Å². The minimum absolute atomic E-state index is 0.451. The third kappa shape index (κ3) is 10.4. The summed E-state index contributed by atoms with van der Waals surface area (Å²) in [6.07, 6.45) is 0. The molecule has 20 aliphatic rings. The van der Waals surface area contributed by atoms with Gasteiger partial charge in [0.05, 0.1) is 39.6 Å². The Labute approximate surface area is 437 Å². The van der Waals surface area contributed by atoms with E-state index in [0.717, 1.165) is 0 Å². The summed E-state index contributed by atoms with van der Waals surface area (Å²) in [5, 5.41) is 0. The van der Waals surface area contributed by atoms with Crippen molar-refractivity contribution < 1.29 is 175 Å². The first-order valence-corrected chi connectivity index (χ1v) is 51.0. The lowest BCUT2D eigenvalue weighted by Gasteiger charge is -2.47. The van der Waals surface area contributed by atoms with E-state index < -0.39 is 265 Å². The molecule has 0 aromatic carbocycles. The van der Waals surface area contributed by atoms with Gasteiger partial charge in [-0.2, -0.15) is 0 Å². The fraction of sp³-hybridized carbons (Fsp3) is 1.00. The van der Waals surface area contributed by atoms with Gasteiger partial charge in [0.2, 0.25) is 0 Å². The molecule has 24 bridgehead atoms. The fourth-order valence-electron chi connectivity index (χ4n) is 6.13. The quantitative estimate of drug-likeness (QED) is 0.203. The first kappa shape index (κ1) is 51.2. The lowest BCUT2D eigenvalue weighted by molar-refractivity contribution is -0.0735. The van der Waals surface area contributed by atoms with Crippen molar-refractivity contribution in [3.63, 3.8) is 0 Å². The lowest BCUT2D eigenvalue weighted by Crippen LogP contribution is -2.77. The van der Waals surface area contributed by atoms with Gasteiger partial charge in [-0.25, -0.2) is 0 Å². The van der Waals surface area contributed by atoms with Gasteiger partial charge in [-0.1, -0.05) is 0 Å². The predicted molar refractivity (Wildman–Crippen MR) is 213 cm³/mol. The Morgan fingerprint density at radius 1 is 0.153 bits per heavy atom. The molecule has 0 unspecified atom stereocenters. The summed E-state index contributed by atoms with van der Waals surface area (Å²) in [5.74, 6) is 0. The van der Waals surface area contributed by atoms with E-state index in [1.165, 1.54) is 0 Å². The Bertz CT molecular complexity index is 1820. The maximum absolute atomic E-state index is 6.60. The Balaban J connectivity index is 0.778. The number of fused-ring (bicyclic) bond motifs is 9. The largest absolute Gasteiger partial charge is 0.658 e. The molecule has 18 radical (unpaired) electrons. The van der Waals surface area contributed by atoms with Crippen LogP contribution >= 0.6 is 0 Å². The maximum Gasteiger partial charge on any atom is 0.658 e. The third-order valence-electron chi connectivity index (χ3n) is 8.67. The van der Waals surface area contributed by atoms with Gasteiger partial charge in [0.1, 0.15) is 0 Å². The molecule has 20 aliphatic heterocycles. The van der Waals surface area contributed by atoms with Crippen molar-refractivity contribution in [2.75, 3.05) is 39.6 Å². The first-order chi connectivity index (χ1) is 35.0. The Morgan fingerprint density at radius 3 is 0.514 bits per heavy atom. The molecule has 0 aromatic rings. The van der Waals surface area contributed by atoms with Crippen molar-refractivity contribution in [3.8, 4) is 0 Å². The van der Waals surface area contributed by atoms with Crippen LogP contribution in [-0.4, -0.2) is 265 Å². The van der Waals surface area contributed by atoms with Crippen LogP contribution in [0.2, 0.25) is 0 Å². The minimum Gasteiger partial charge on any atom is -0.369 e. The zero-order valence-electron chi connectivity index (χ0n) is 33.4. The second-order valence-corrected chi connectivity index (χ2v) is 59.4. The molecule has 20 rings (SSSR count). The summed E-state index contributed by atoms with van der Waals surface area (Å²) >= 11 is 0. The van der Waals surface area contributed by atoms with Crippen molar-refractivity contribution >= 4 is 226 Å². The third-order valence-corrected chi connectivity index (χ3v) is 66.0. The average Bonchev–Trinajstić information content (AvgIpc) is 3.19. The van der Waals surface area contributed by atoms with E-state index >= 15 is 0 Å². The molecule has 384 valence electrons. The van der Waals surface area contributed by atoms with Crippen LogP contribution in [0.5, 0.6) is 0 Å². The van der Waals surface area contributed by atoms with Crippen LogP contribution in [0.25, 0.3) is 0 Å². The molecule has 20 saturated heterocycles. The highest BCUT2D eigenvalue weighted by molar-refractivity contribution is 6.90. The molecule has 0 atom stereocenters. The van der Waals surface area contributed by atoms with Gasteiger partial charge in [0.15, 0.2) is 0 Å². The predicted octanol–water partition coefficient (Wildman–Crippen LogP) is -11.8. The molecule has 0 amide bonds. The van der Waals surface area contributed by atoms with E-state index in [1.54, 1.807) is 0 Å². The van der Waals surface area contributed by atoms with E-state index in [9.17, 15) is 0 Å². The molecule has 0 aromatic heterocycles. The minimum atomic E-state index is -4.86. The smallest absolute Gasteiger partial charge is 0.369 e. The van der Waals surface area contributed by atoms with Crippen molar-refractivity contribution in [1.82, 2.24) is 0 Å². The van der Waals surface area contributed by atoms with E-state index in [1.807, 2.05) is 0 Å². The van der Waals surface area contributed by atoms with Crippen molar-refractivity contribution in [2.45, 2.75) is 0 Å². The van der Waals surface area contributed by atoms with Crippen LogP contribution in [0.15, 0.2) is 0 Å². The van der Waals surface area contributed by atoms with Gasteiger partial charge in [0, 0.05) is 0 Å². The van der Waals surface area contributed by atoms with Gasteiger partial charge < -0.3 is 175 Å². The molecular formula is C6H12O42Si24. The van der Waals surface area contributed by atoms with Gasteiger partial charge in [-0.3, -0.25) is 0 Å². The SMILES string of the molecule is C1CO[Si]23O[Si]4O[Si]5O[Si]6O[Si](O4)O[Si](OCCO[Si]47O[Si]8O[Si]9O[Si]%10O[Si](O8)O[Si](OCCO[Si]8%11O[Si]%12O[Si]%13O[Si]%14O[Si](O%12)O[Si](O[Si](O1)(O%14)O[Si](O%13)O8)O%11)(O[Si](O%10)O[Si](O9)O4)O7)(O[Si](O6)O[Si](O5)O2)O3. The maximum atomic E-state index is 6.60. The molecule has 42 nitrogen and oxygen atoms in total. The first-order valence-electron chi connectivity index (χ1n) is 19.2. The van der Waals surface area contributed by atoms with E-state index in [0.29, 0.717) is 0 Å². The van der Waals surface area contributed by atoms with Crippen LogP contribution in [0, 0.1) is 0 Å². The average molecular weight is 1430 g/mol. The summed E-state index contributed by atoms with van der Waals surface area (Å²) in [4.78, 5) is 0. The zero-order valence-corrected chi connectivity index (χ0v) is 57.4. The van der Waals surface area contributed by atoms with E-state index in [4.69, 9.17) is 175 Å². The fourth-order valence-corrected chi connectivity index (χ4v) is 76.1. The second-order valence-electron chi connectivity index (χ2n) is 13.3. The Morgan fingerprint density at radius 2 is 0.292 bits per heavy atom. The van der Waals surface area contributed by atoms with Crippen molar-refractivity contribution in [1.29, 1.82) is 0 Å². The summed E-state index contributed by atoms with van der Waals surface area (Å²) in [7, 11) is -81.6. The highest BCUT2D eigenvalue weighted by atomic mass is 28.6. The van der Waals surface area contributed by atoms with Gasteiger partial charge in [-0.15, -0.1) is 0 Å². The molecule has 0 N–H and O–H groups in total. The number of hydrogen-bond acceptors (Lipinski definition) is 42. The zero-order chi connectivity index (χ0) is 47.3. The summed E-state index contributed by atoms with van der Waals surface area (Å²) in [6.45, 7) is -2.85. The molecule has 6 spiro atoms. The number of hydrogen-bond donors (Lipinski definition) is 0.